The van der Waals surface area contributed by atoms with Gasteiger partial charge >= 0.3 is 6.03 Å². The minimum Gasteiger partial charge on any atom is -0.491 e. The number of urea groups is 1. The molecule has 1 aromatic heterocycles. The van der Waals surface area contributed by atoms with E-state index in [4.69, 9.17) is 32.8 Å². The third-order valence-corrected chi connectivity index (χ3v) is 8.02. The lowest BCUT2D eigenvalue weighted by Crippen LogP contribution is -2.34. The minimum atomic E-state index is -0.944. The van der Waals surface area contributed by atoms with Gasteiger partial charge in [-0.2, -0.15) is 0 Å². The van der Waals surface area contributed by atoms with Crippen LogP contribution in [0, 0.1) is 11.8 Å². The number of fused-ring (bicyclic) bond motifs is 2. The Morgan fingerprint density at radius 1 is 1.05 bits per heavy atom. The van der Waals surface area contributed by atoms with Gasteiger partial charge in [0, 0.05) is 48.4 Å². The van der Waals surface area contributed by atoms with E-state index in [1.165, 1.54) is 27.8 Å². The number of hydroxylamine groups is 2. The van der Waals surface area contributed by atoms with Crippen LogP contribution in [0.15, 0.2) is 60.3 Å². The fourth-order valence-electron chi connectivity index (χ4n) is 5.58. The Bertz CT molecular complexity index is 1620. The van der Waals surface area contributed by atoms with Gasteiger partial charge in [0.2, 0.25) is 0 Å². The summed E-state index contributed by atoms with van der Waals surface area (Å²) >= 11 is 6.36. The zero-order chi connectivity index (χ0) is 30.3. The van der Waals surface area contributed by atoms with Gasteiger partial charge in [0.05, 0.1) is 17.8 Å². The molecule has 222 valence electrons. The summed E-state index contributed by atoms with van der Waals surface area (Å²) < 4.78 is 5.99. The van der Waals surface area contributed by atoms with Gasteiger partial charge in [0.15, 0.2) is 0 Å². The van der Waals surface area contributed by atoms with Crippen LogP contribution in [-0.2, 0) is 12.8 Å². The molecule has 0 bridgehead atoms. The van der Waals surface area contributed by atoms with Crippen molar-refractivity contribution in [3.8, 4) is 17.6 Å². The van der Waals surface area contributed by atoms with E-state index in [2.05, 4.69) is 34.9 Å². The predicted molar refractivity (Wildman–Crippen MR) is 165 cm³/mol. The number of piperidine rings is 1. The molecular weight excluding hydrogens is 566 g/mol. The van der Waals surface area contributed by atoms with Crippen molar-refractivity contribution in [1.82, 2.24) is 14.9 Å². The first-order chi connectivity index (χ1) is 20.8. The molecule has 5 rings (SSSR count). The van der Waals surface area contributed by atoms with E-state index >= 15 is 0 Å². The van der Waals surface area contributed by atoms with Gasteiger partial charge in [-0.05, 0) is 78.8 Å². The molecule has 1 saturated heterocycles. The second kappa shape index (κ2) is 13.7. The van der Waals surface area contributed by atoms with Crippen molar-refractivity contribution < 1.29 is 19.5 Å². The van der Waals surface area contributed by atoms with Crippen molar-refractivity contribution in [3.05, 3.63) is 98.8 Å². The molecule has 0 spiro atoms. The van der Waals surface area contributed by atoms with Crippen molar-refractivity contribution in [3.63, 3.8) is 0 Å². The maximum atomic E-state index is 12.1. The molecule has 1 fully saturated rings. The fourth-order valence-corrected chi connectivity index (χ4v) is 5.77. The number of primary amides is 2. The lowest BCUT2D eigenvalue weighted by atomic mass is 9.88. The number of carbonyl (C=O) groups is 2. The first-order valence-corrected chi connectivity index (χ1v) is 14.7. The van der Waals surface area contributed by atoms with Crippen molar-refractivity contribution in [2.45, 2.75) is 32.1 Å². The highest BCUT2D eigenvalue weighted by Crippen LogP contribution is 2.38. The number of aromatic nitrogens is 1. The topological polar surface area (TPSA) is 135 Å². The summed E-state index contributed by atoms with van der Waals surface area (Å²) in [6.07, 6.45) is 5.83. The summed E-state index contributed by atoms with van der Waals surface area (Å²) in [6, 6.07) is 14.5. The number of benzene rings is 2. The molecule has 43 heavy (non-hydrogen) atoms. The molecule has 3 amide bonds. The van der Waals surface area contributed by atoms with Crippen LogP contribution in [0.2, 0.25) is 5.02 Å². The van der Waals surface area contributed by atoms with Gasteiger partial charge in [-0.25, -0.2) is 9.86 Å². The van der Waals surface area contributed by atoms with Crippen LogP contribution in [0.1, 0.15) is 57.6 Å². The number of carbonyl (C=O) groups excluding carboxylic acids is 2. The highest BCUT2D eigenvalue weighted by Gasteiger charge is 2.25. The second-order valence-corrected chi connectivity index (χ2v) is 11.0. The van der Waals surface area contributed by atoms with Gasteiger partial charge in [0.25, 0.3) is 5.91 Å². The van der Waals surface area contributed by atoms with E-state index in [9.17, 15) is 14.8 Å². The monoisotopic (exact) mass is 599 g/mol. The molecule has 9 nitrogen and oxygen atoms in total. The second-order valence-electron chi connectivity index (χ2n) is 10.6. The van der Waals surface area contributed by atoms with Crippen LogP contribution in [0.5, 0.6) is 5.75 Å². The zero-order valence-electron chi connectivity index (χ0n) is 23.8. The lowest BCUT2D eigenvalue weighted by Gasteiger charge is -2.30. The Morgan fingerprint density at radius 2 is 1.84 bits per heavy atom. The first-order valence-electron chi connectivity index (χ1n) is 14.3. The number of nitrogens with zero attached hydrogens (tertiary/aromatic N) is 3. The summed E-state index contributed by atoms with van der Waals surface area (Å²) in [4.78, 5) is 30.2. The number of likely N-dealkylation sites (tertiary alicyclic amines) is 1. The van der Waals surface area contributed by atoms with Crippen LogP contribution in [0.25, 0.3) is 5.57 Å². The molecule has 2 aliphatic rings. The molecule has 10 heteroatoms. The van der Waals surface area contributed by atoms with Gasteiger partial charge in [-0.3, -0.25) is 19.9 Å². The fraction of sp³-hybridized carbons (Fsp3) is 0.303. The molecule has 0 radical (unpaired) electrons. The van der Waals surface area contributed by atoms with Crippen molar-refractivity contribution >= 4 is 29.1 Å². The quantitative estimate of drug-likeness (QED) is 0.209. The highest BCUT2D eigenvalue weighted by atomic mass is 35.5. The van der Waals surface area contributed by atoms with E-state index < -0.39 is 11.9 Å². The largest absolute Gasteiger partial charge is 0.491 e. The van der Waals surface area contributed by atoms with Gasteiger partial charge in [-0.15, -0.1) is 0 Å². The summed E-state index contributed by atoms with van der Waals surface area (Å²) in [5.74, 6) is 5.52. The third kappa shape index (κ3) is 7.35. The molecule has 2 aromatic carbocycles. The Labute approximate surface area is 256 Å². The van der Waals surface area contributed by atoms with Crippen LogP contribution in [0.4, 0.5) is 4.79 Å². The summed E-state index contributed by atoms with van der Waals surface area (Å²) in [5.41, 5.74) is 18.9. The lowest BCUT2D eigenvalue weighted by molar-refractivity contribution is -0.0372. The molecule has 3 aromatic rings. The van der Waals surface area contributed by atoms with E-state index in [1.54, 1.807) is 18.2 Å². The van der Waals surface area contributed by atoms with E-state index in [0.29, 0.717) is 29.5 Å². The molecular formula is C33H34ClN5O4. The van der Waals surface area contributed by atoms with Crippen molar-refractivity contribution in [1.29, 1.82) is 0 Å². The minimum absolute atomic E-state index is 0.0202. The van der Waals surface area contributed by atoms with Gasteiger partial charge in [0.1, 0.15) is 12.4 Å². The highest BCUT2D eigenvalue weighted by molar-refractivity contribution is 6.30. The number of pyridine rings is 1. The maximum absolute atomic E-state index is 12.1. The van der Waals surface area contributed by atoms with Crippen molar-refractivity contribution in [2.24, 2.45) is 11.5 Å². The molecule has 1 aliphatic carbocycles. The predicted octanol–water partition coefficient (Wildman–Crippen LogP) is 4.42. The van der Waals surface area contributed by atoms with Gasteiger partial charge < -0.3 is 16.2 Å². The Hall–Kier alpha value is -4.36. The number of amides is 3. The third-order valence-electron chi connectivity index (χ3n) is 7.79. The maximum Gasteiger partial charge on any atom is 0.338 e. The number of aryl methyl sites for hydroxylation is 2. The average molecular weight is 600 g/mol. The number of rotatable bonds is 7. The smallest absolute Gasteiger partial charge is 0.338 e. The molecule has 0 unspecified atom stereocenters. The number of halogens is 1. The number of nitrogens with two attached hydrogens (primary N) is 2. The van der Waals surface area contributed by atoms with Crippen LogP contribution in [-0.4, -0.2) is 64.9 Å². The number of hydrogen-bond donors (Lipinski definition) is 3. The molecule has 0 atom stereocenters. The summed E-state index contributed by atoms with van der Waals surface area (Å²) in [7, 11) is 0. The Kier molecular flexibility index (Phi) is 9.62. The van der Waals surface area contributed by atoms with Crippen molar-refractivity contribution in [2.75, 3.05) is 32.8 Å². The van der Waals surface area contributed by atoms with Crippen LogP contribution in [0.3, 0.4) is 0 Å². The molecule has 1 aliphatic heterocycles. The molecule has 2 heterocycles. The Morgan fingerprint density at radius 3 is 2.60 bits per heavy atom. The molecule has 0 saturated carbocycles. The van der Waals surface area contributed by atoms with Crippen LogP contribution < -0.4 is 16.2 Å². The normalized spacial score (nSPS) is 14.6. The zero-order valence-corrected chi connectivity index (χ0v) is 24.6. The van der Waals surface area contributed by atoms with E-state index in [0.717, 1.165) is 49.5 Å². The number of hydrogen-bond acceptors (Lipinski definition) is 6. The molecule has 5 N–H and O–H groups in total. The summed E-state index contributed by atoms with van der Waals surface area (Å²) in [5, 5.41) is 10.5. The van der Waals surface area contributed by atoms with Gasteiger partial charge in [-0.1, -0.05) is 41.1 Å². The van der Waals surface area contributed by atoms with E-state index in [-0.39, 0.29) is 18.5 Å². The average Bonchev–Trinajstić information content (AvgIpc) is 3.16. The van der Waals surface area contributed by atoms with E-state index in [1.807, 2.05) is 18.3 Å². The first kappa shape index (κ1) is 30.1. The SMILES string of the molecule is NC(=O)c1cc(C#CCCN(O)C(N)=O)ccc1OCCN1CCC(=C2c3ccc(Cl)cc3CCc3cccnc32)CC1. The number of ether oxygens (including phenoxy) is 1. The Balaban J connectivity index is 1.22. The standard InChI is InChI=1S/C33H34ClN5O4/c34-26-9-10-27-25(21-26)8-7-24-5-3-14-37-31(24)30(27)23-12-16-38(17-13-23)18-19-43-29-11-6-22(20-28(29)32(35)40)4-1-2-15-39(42)33(36)41/h3,5-6,9-11,14,20-21,42H,2,7-8,12-13,15-19H2,(H2,35,40)(H2,36,41). The summed E-state index contributed by atoms with van der Waals surface area (Å²) in [6.45, 7) is 2.88. The van der Waals surface area contributed by atoms with Crippen LogP contribution >= 0.6 is 11.6 Å².